The van der Waals surface area contributed by atoms with Gasteiger partial charge in [0.15, 0.2) is 0 Å². The molecule has 0 saturated heterocycles. The maximum atomic E-state index is 11.8. The number of aryl methyl sites for hydroxylation is 2. The smallest absolute Gasteiger partial charge is 0.306 e. The fourth-order valence-corrected chi connectivity index (χ4v) is 2.97. The molecule has 10 heteroatoms. The summed E-state index contributed by atoms with van der Waals surface area (Å²) in [6.07, 6.45) is -6.36. The van der Waals surface area contributed by atoms with Gasteiger partial charge in [-0.3, -0.25) is 9.59 Å². The van der Waals surface area contributed by atoms with Crippen LogP contribution in [0.4, 0.5) is 0 Å². The maximum absolute atomic E-state index is 11.8. The normalized spacial score (nSPS) is 14.6. The minimum absolute atomic E-state index is 0.00113. The summed E-state index contributed by atoms with van der Waals surface area (Å²) in [5.74, 6) is -1.07. The van der Waals surface area contributed by atoms with Crippen LogP contribution >= 0.6 is 0 Å². The summed E-state index contributed by atoms with van der Waals surface area (Å²) in [6.45, 7) is -1.21. The van der Waals surface area contributed by atoms with Gasteiger partial charge in [-0.25, -0.2) is 0 Å². The number of phenolic OH excluding ortho intramolecular Hbond substituents is 2. The number of carbonyl (C=O) groups excluding carboxylic acids is 2. The van der Waals surface area contributed by atoms with Gasteiger partial charge in [-0.15, -0.1) is 0 Å². The zero-order chi connectivity index (χ0) is 25.1. The molecule has 0 fully saturated rings. The summed E-state index contributed by atoms with van der Waals surface area (Å²) in [7, 11) is 0. The van der Waals surface area contributed by atoms with Crippen molar-refractivity contribution in [2.45, 2.75) is 50.1 Å². The predicted molar refractivity (Wildman–Crippen MR) is 119 cm³/mol. The minimum Gasteiger partial charge on any atom is -0.508 e. The van der Waals surface area contributed by atoms with E-state index < -0.39 is 49.6 Å². The van der Waals surface area contributed by atoms with Crippen LogP contribution in [-0.2, 0) is 31.9 Å². The van der Waals surface area contributed by atoms with Gasteiger partial charge in [-0.2, -0.15) is 0 Å². The van der Waals surface area contributed by atoms with E-state index in [-0.39, 0.29) is 24.3 Å². The van der Waals surface area contributed by atoms with Crippen molar-refractivity contribution in [1.29, 1.82) is 0 Å². The van der Waals surface area contributed by atoms with Gasteiger partial charge in [0, 0.05) is 12.8 Å². The Morgan fingerprint density at radius 2 is 0.941 bits per heavy atom. The van der Waals surface area contributed by atoms with Gasteiger partial charge in [0.2, 0.25) is 0 Å². The molecule has 0 saturated carbocycles. The molecule has 0 aliphatic rings. The fourth-order valence-electron chi connectivity index (χ4n) is 2.97. The second kappa shape index (κ2) is 13.5. The number of esters is 2. The highest BCUT2D eigenvalue weighted by molar-refractivity contribution is 5.70. The molecule has 2 aromatic carbocycles. The van der Waals surface area contributed by atoms with Gasteiger partial charge in [0.25, 0.3) is 0 Å². The molecule has 0 aliphatic carbocycles. The molecule has 6 N–H and O–H groups in total. The number of ether oxygens (including phenoxy) is 2. The zero-order valence-electron chi connectivity index (χ0n) is 18.5. The van der Waals surface area contributed by atoms with E-state index >= 15 is 0 Å². The van der Waals surface area contributed by atoms with Crippen molar-refractivity contribution in [2.24, 2.45) is 0 Å². The van der Waals surface area contributed by atoms with Crippen molar-refractivity contribution in [3.63, 3.8) is 0 Å². The average Bonchev–Trinajstić information content (AvgIpc) is 2.84. The molecule has 0 radical (unpaired) electrons. The Kier molecular flexibility index (Phi) is 10.8. The molecule has 186 valence electrons. The third kappa shape index (κ3) is 9.36. The minimum atomic E-state index is -1.85. The van der Waals surface area contributed by atoms with E-state index in [1.165, 1.54) is 24.3 Å². The third-order valence-electron chi connectivity index (χ3n) is 5.08. The molecule has 2 rings (SSSR count). The molecule has 10 nitrogen and oxygen atoms in total. The first kappa shape index (κ1) is 27.1. The summed E-state index contributed by atoms with van der Waals surface area (Å²) in [5, 5.41) is 58.4. The van der Waals surface area contributed by atoms with Crippen molar-refractivity contribution >= 4 is 11.9 Å². The van der Waals surface area contributed by atoms with Crippen LogP contribution in [0.3, 0.4) is 0 Å². The second-order valence-corrected chi connectivity index (χ2v) is 7.81. The fraction of sp³-hybridized carbons (Fsp3) is 0.417. The number of carbonyl (C=O) groups is 2. The number of aliphatic hydroxyl groups excluding tert-OH is 4. The van der Waals surface area contributed by atoms with E-state index in [0.717, 1.165) is 11.1 Å². The quantitative estimate of drug-likeness (QED) is 0.218. The van der Waals surface area contributed by atoms with Gasteiger partial charge in [-0.1, -0.05) is 24.3 Å². The molecule has 4 atom stereocenters. The maximum Gasteiger partial charge on any atom is 0.306 e. The first-order chi connectivity index (χ1) is 16.2. The zero-order valence-corrected chi connectivity index (χ0v) is 18.5. The van der Waals surface area contributed by atoms with Crippen LogP contribution in [0.5, 0.6) is 11.5 Å². The summed E-state index contributed by atoms with van der Waals surface area (Å²) < 4.78 is 9.78. The van der Waals surface area contributed by atoms with Crippen molar-refractivity contribution in [2.75, 3.05) is 13.2 Å². The Hall–Kier alpha value is -3.18. The monoisotopic (exact) mass is 478 g/mol. The van der Waals surface area contributed by atoms with Gasteiger partial charge in [-0.05, 0) is 48.2 Å². The van der Waals surface area contributed by atoms with Crippen LogP contribution in [0.2, 0.25) is 0 Å². The Labute approximate surface area is 196 Å². The predicted octanol–water partition coefficient (Wildman–Crippen LogP) is 0.193. The molecule has 2 aromatic rings. The van der Waals surface area contributed by atoms with Gasteiger partial charge in [0.1, 0.15) is 49.1 Å². The van der Waals surface area contributed by atoms with Gasteiger partial charge < -0.3 is 40.1 Å². The van der Waals surface area contributed by atoms with Crippen LogP contribution in [-0.4, -0.2) is 80.2 Å². The van der Waals surface area contributed by atoms with E-state index in [1.807, 2.05) is 0 Å². The summed E-state index contributed by atoms with van der Waals surface area (Å²) >= 11 is 0. The van der Waals surface area contributed by atoms with Crippen molar-refractivity contribution in [3.05, 3.63) is 59.7 Å². The molecular formula is C24H30O10. The van der Waals surface area contributed by atoms with E-state index in [1.54, 1.807) is 24.3 Å². The Morgan fingerprint density at radius 3 is 1.26 bits per heavy atom. The van der Waals surface area contributed by atoms with Crippen LogP contribution in [0.1, 0.15) is 24.0 Å². The molecule has 0 amide bonds. The standard InChI is InChI=1S/C24H30O10/c25-17-7-1-15(2-8-17)5-11-21(29)33-13-19(27)23(31)24(32)20(28)14-34-22(30)12-6-16-3-9-18(26)10-4-16/h1-4,7-10,19-20,23-28,31-32H,5-6,11-14H2/t19-,20-,23-,24-/m1/s1. The Morgan fingerprint density at radius 1 is 0.618 bits per heavy atom. The number of hydrogen-bond acceptors (Lipinski definition) is 10. The molecule has 0 aromatic heterocycles. The van der Waals surface area contributed by atoms with Crippen LogP contribution in [0.15, 0.2) is 48.5 Å². The summed E-state index contributed by atoms with van der Waals surface area (Å²) in [5.41, 5.74) is 1.60. The third-order valence-corrected chi connectivity index (χ3v) is 5.08. The highest BCUT2D eigenvalue weighted by Gasteiger charge is 2.31. The lowest BCUT2D eigenvalue weighted by Gasteiger charge is -2.26. The lowest BCUT2D eigenvalue weighted by atomic mass is 10.0. The molecule has 0 bridgehead atoms. The van der Waals surface area contributed by atoms with Crippen LogP contribution < -0.4 is 0 Å². The highest BCUT2D eigenvalue weighted by atomic mass is 16.5. The summed E-state index contributed by atoms with van der Waals surface area (Å²) in [6, 6.07) is 12.6. The first-order valence-electron chi connectivity index (χ1n) is 10.7. The van der Waals surface area contributed by atoms with Crippen molar-refractivity contribution < 1.29 is 49.7 Å². The lowest BCUT2D eigenvalue weighted by Crippen LogP contribution is -2.48. The number of aromatic hydroxyl groups is 2. The lowest BCUT2D eigenvalue weighted by molar-refractivity contribution is -0.162. The Bertz CT molecular complexity index is 821. The van der Waals surface area contributed by atoms with Crippen molar-refractivity contribution in [3.8, 4) is 11.5 Å². The molecule has 0 spiro atoms. The average molecular weight is 478 g/mol. The highest BCUT2D eigenvalue weighted by Crippen LogP contribution is 2.13. The largest absolute Gasteiger partial charge is 0.508 e. The SMILES string of the molecule is O=C(CCc1ccc(O)cc1)OC[C@@H](O)[C@@H](O)[C@H](O)[C@H](O)COC(=O)CCc1ccc(O)cc1. The topological polar surface area (TPSA) is 174 Å². The van der Waals surface area contributed by atoms with E-state index in [0.29, 0.717) is 12.8 Å². The van der Waals surface area contributed by atoms with Gasteiger partial charge in [0.05, 0.1) is 0 Å². The second-order valence-electron chi connectivity index (χ2n) is 7.81. The van der Waals surface area contributed by atoms with Gasteiger partial charge >= 0.3 is 11.9 Å². The molecule has 0 aliphatic heterocycles. The Balaban J connectivity index is 1.66. The molecule has 34 heavy (non-hydrogen) atoms. The van der Waals surface area contributed by atoms with Crippen LogP contribution in [0, 0.1) is 0 Å². The van der Waals surface area contributed by atoms with Crippen molar-refractivity contribution in [1.82, 2.24) is 0 Å². The van der Waals surface area contributed by atoms with E-state index in [2.05, 4.69) is 0 Å². The summed E-state index contributed by atoms with van der Waals surface area (Å²) in [4.78, 5) is 23.7. The van der Waals surface area contributed by atoms with Crippen LogP contribution in [0.25, 0.3) is 0 Å². The number of phenols is 2. The number of aliphatic hydroxyl groups is 4. The first-order valence-corrected chi connectivity index (χ1v) is 10.7. The van der Waals surface area contributed by atoms with E-state index in [4.69, 9.17) is 9.47 Å². The number of rotatable bonds is 13. The number of benzene rings is 2. The number of hydrogen-bond donors (Lipinski definition) is 6. The van der Waals surface area contributed by atoms with E-state index in [9.17, 15) is 40.2 Å². The molecule has 0 heterocycles. The molecule has 0 unspecified atom stereocenters. The molecular weight excluding hydrogens is 448 g/mol.